The van der Waals surface area contributed by atoms with Crippen LogP contribution in [-0.4, -0.2) is 24.4 Å². The second kappa shape index (κ2) is 8.60. The lowest BCUT2D eigenvalue weighted by Gasteiger charge is -2.11. The van der Waals surface area contributed by atoms with Crippen molar-refractivity contribution in [1.29, 1.82) is 0 Å². The van der Waals surface area contributed by atoms with Gasteiger partial charge in [-0.15, -0.1) is 0 Å². The Hall–Kier alpha value is -1.65. The molecule has 112 valence electrons. The highest BCUT2D eigenvalue weighted by atomic mass is 32.2. The molecule has 0 aliphatic carbocycles. The Balaban J connectivity index is 2.05. The van der Waals surface area contributed by atoms with Gasteiger partial charge in [0.25, 0.3) is 0 Å². The Kier molecular flexibility index (Phi) is 6.44. The summed E-state index contributed by atoms with van der Waals surface area (Å²) >= 11 is 0. The van der Waals surface area contributed by atoms with Crippen molar-refractivity contribution in [3.8, 4) is 5.75 Å². The molecule has 0 saturated carbocycles. The van der Waals surface area contributed by atoms with Crippen molar-refractivity contribution in [3.63, 3.8) is 0 Å². The summed E-state index contributed by atoms with van der Waals surface area (Å²) in [6.45, 7) is 1.63. The van der Waals surface area contributed by atoms with Crippen LogP contribution in [0.2, 0.25) is 0 Å². The fourth-order valence-corrected chi connectivity index (χ4v) is 3.15. The fraction of sp³-hybridized carbons (Fsp3) is 0.294. The van der Waals surface area contributed by atoms with E-state index >= 15 is 0 Å². The molecule has 0 amide bonds. The average molecular weight is 303 g/mol. The molecule has 0 heterocycles. The molecule has 0 aliphatic rings. The maximum absolute atomic E-state index is 12.6. The lowest BCUT2D eigenvalue weighted by atomic mass is 10.3. The van der Waals surface area contributed by atoms with Gasteiger partial charge < -0.3 is 10.1 Å². The van der Waals surface area contributed by atoms with Crippen LogP contribution in [0.25, 0.3) is 0 Å². The molecule has 2 aromatic carbocycles. The predicted molar refractivity (Wildman–Crippen MR) is 86.2 cm³/mol. The van der Waals surface area contributed by atoms with Crippen LogP contribution in [0.4, 0.5) is 0 Å². The Labute approximate surface area is 128 Å². The van der Waals surface area contributed by atoms with Crippen LogP contribution >= 0.6 is 0 Å². The molecule has 4 heteroatoms. The fourth-order valence-electron chi connectivity index (χ4n) is 1.98. The maximum atomic E-state index is 12.6. The Morgan fingerprint density at radius 3 is 2.48 bits per heavy atom. The summed E-state index contributed by atoms with van der Waals surface area (Å²) in [5.41, 5.74) is 0. The average Bonchev–Trinajstić information content (AvgIpc) is 2.55. The molecule has 0 bridgehead atoms. The van der Waals surface area contributed by atoms with Gasteiger partial charge in [0, 0.05) is 4.90 Å². The topological polar surface area (TPSA) is 38.3 Å². The van der Waals surface area contributed by atoms with Crippen molar-refractivity contribution in [1.82, 2.24) is 5.32 Å². The van der Waals surface area contributed by atoms with E-state index in [0.29, 0.717) is 12.4 Å². The number of para-hydroxylation sites is 1. The quantitative estimate of drug-likeness (QED) is 0.761. The number of ether oxygens (including phenoxy) is 1. The normalized spacial score (nSPS) is 12.0. The van der Waals surface area contributed by atoms with Gasteiger partial charge in [0.15, 0.2) is 0 Å². The molecule has 3 nitrogen and oxygen atoms in total. The lowest BCUT2D eigenvalue weighted by Crippen LogP contribution is -2.09. The highest BCUT2D eigenvalue weighted by molar-refractivity contribution is 7.85. The number of nitrogens with one attached hydrogen (secondary N) is 1. The molecule has 21 heavy (non-hydrogen) atoms. The van der Waals surface area contributed by atoms with E-state index in [2.05, 4.69) is 5.32 Å². The first-order valence-corrected chi connectivity index (χ1v) is 8.31. The minimum atomic E-state index is -1.20. The van der Waals surface area contributed by atoms with Crippen LogP contribution in [0, 0.1) is 0 Å². The Bertz CT molecular complexity index is 572. The summed E-state index contributed by atoms with van der Waals surface area (Å²) < 4.78 is 18.4. The summed E-state index contributed by atoms with van der Waals surface area (Å²) in [4.78, 5) is 1.53. The summed E-state index contributed by atoms with van der Waals surface area (Å²) in [7, 11) is 0.739. The third-order valence-electron chi connectivity index (χ3n) is 3.08. The van der Waals surface area contributed by atoms with Gasteiger partial charge in [0.05, 0.1) is 22.3 Å². The Morgan fingerprint density at radius 2 is 1.71 bits per heavy atom. The summed E-state index contributed by atoms with van der Waals surface area (Å²) in [6.07, 6.45) is 2.05. The summed E-state index contributed by atoms with van der Waals surface area (Å²) in [5.74, 6) is 0.712. The van der Waals surface area contributed by atoms with E-state index in [1.54, 1.807) is 0 Å². The van der Waals surface area contributed by atoms with E-state index in [1.807, 2.05) is 61.6 Å². The van der Waals surface area contributed by atoms with Gasteiger partial charge in [-0.05, 0) is 50.7 Å². The molecular formula is C17H21NO2S. The van der Waals surface area contributed by atoms with E-state index in [9.17, 15) is 4.21 Å². The molecule has 1 unspecified atom stereocenters. The lowest BCUT2D eigenvalue weighted by molar-refractivity contribution is 0.299. The first kappa shape index (κ1) is 15.7. The van der Waals surface area contributed by atoms with Crippen LogP contribution in [-0.2, 0) is 10.8 Å². The SMILES string of the molecule is CNCCCCOc1ccccc1S(=O)c1ccccc1. The van der Waals surface area contributed by atoms with Crippen LogP contribution in [0.15, 0.2) is 64.4 Å². The zero-order chi connectivity index (χ0) is 14.9. The minimum Gasteiger partial charge on any atom is -0.492 e. The molecule has 0 fully saturated rings. The summed E-state index contributed by atoms with van der Waals surface area (Å²) in [5, 5.41) is 3.11. The van der Waals surface area contributed by atoms with Crippen LogP contribution in [0.5, 0.6) is 5.75 Å². The van der Waals surface area contributed by atoms with E-state index in [4.69, 9.17) is 4.74 Å². The van der Waals surface area contributed by atoms with Crippen molar-refractivity contribution in [3.05, 3.63) is 54.6 Å². The molecule has 0 aromatic heterocycles. The molecular weight excluding hydrogens is 282 g/mol. The molecule has 2 rings (SSSR count). The third kappa shape index (κ3) is 4.69. The van der Waals surface area contributed by atoms with Gasteiger partial charge in [-0.3, -0.25) is 0 Å². The first-order valence-electron chi connectivity index (χ1n) is 7.16. The highest BCUT2D eigenvalue weighted by Crippen LogP contribution is 2.26. The molecule has 1 N–H and O–H groups in total. The van der Waals surface area contributed by atoms with E-state index in [0.717, 1.165) is 29.2 Å². The number of hydrogen-bond donors (Lipinski definition) is 1. The monoisotopic (exact) mass is 303 g/mol. The number of benzene rings is 2. The van der Waals surface area contributed by atoms with Crippen molar-refractivity contribution < 1.29 is 8.95 Å². The van der Waals surface area contributed by atoms with Gasteiger partial charge in [0.1, 0.15) is 5.75 Å². The second-order valence-corrected chi connectivity index (χ2v) is 6.14. The van der Waals surface area contributed by atoms with Crippen molar-refractivity contribution in [2.75, 3.05) is 20.2 Å². The molecule has 0 radical (unpaired) electrons. The first-order chi connectivity index (χ1) is 10.3. The molecule has 1 atom stereocenters. The summed E-state index contributed by atoms with van der Waals surface area (Å²) in [6, 6.07) is 17.0. The Morgan fingerprint density at radius 1 is 1.00 bits per heavy atom. The smallest absolute Gasteiger partial charge is 0.135 e. The third-order valence-corrected chi connectivity index (χ3v) is 4.52. The van der Waals surface area contributed by atoms with Gasteiger partial charge in [0.2, 0.25) is 0 Å². The largest absolute Gasteiger partial charge is 0.492 e. The minimum absolute atomic E-state index is 0.644. The standard InChI is InChI=1S/C17H21NO2S/c1-18-13-7-8-14-20-16-11-5-6-12-17(16)21(19)15-9-3-2-4-10-15/h2-6,9-12,18H,7-8,13-14H2,1H3. The van der Waals surface area contributed by atoms with Crippen molar-refractivity contribution in [2.45, 2.75) is 22.6 Å². The molecule has 0 spiro atoms. The number of rotatable bonds is 8. The van der Waals surface area contributed by atoms with E-state index in [-0.39, 0.29) is 0 Å². The van der Waals surface area contributed by atoms with Gasteiger partial charge in [-0.2, -0.15) is 0 Å². The van der Waals surface area contributed by atoms with E-state index in [1.165, 1.54) is 0 Å². The molecule has 0 saturated heterocycles. The van der Waals surface area contributed by atoms with Gasteiger partial charge >= 0.3 is 0 Å². The van der Waals surface area contributed by atoms with Crippen molar-refractivity contribution in [2.24, 2.45) is 0 Å². The maximum Gasteiger partial charge on any atom is 0.135 e. The van der Waals surface area contributed by atoms with Crippen LogP contribution in [0.1, 0.15) is 12.8 Å². The zero-order valence-electron chi connectivity index (χ0n) is 12.2. The zero-order valence-corrected chi connectivity index (χ0v) is 13.1. The van der Waals surface area contributed by atoms with Crippen LogP contribution < -0.4 is 10.1 Å². The van der Waals surface area contributed by atoms with Crippen LogP contribution in [0.3, 0.4) is 0 Å². The second-order valence-electron chi connectivity index (χ2n) is 4.69. The highest BCUT2D eigenvalue weighted by Gasteiger charge is 2.12. The van der Waals surface area contributed by atoms with Crippen molar-refractivity contribution >= 4 is 10.8 Å². The van der Waals surface area contributed by atoms with Gasteiger partial charge in [-0.1, -0.05) is 30.3 Å². The predicted octanol–water partition coefficient (Wildman–Crippen LogP) is 3.23. The molecule has 0 aliphatic heterocycles. The van der Waals surface area contributed by atoms with Gasteiger partial charge in [-0.25, -0.2) is 4.21 Å². The number of unbranched alkanes of at least 4 members (excludes halogenated alkanes) is 1. The van der Waals surface area contributed by atoms with E-state index < -0.39 is 10.8 Å². The molecule has 2 aromatic rings. The number of hydrogen-bond acceptors (Lipinski definition) is 3.